The number of carbonyl (C=O) groups excluding carboxylic acids is 1. The van der Waals surface area contributed by atoms with Crippen molar-refractivity contribution >= 4 is 17.7 Å². The summed E-state index contributed by atoms with van der Waals surface area (Å²) in [6.45, 7) is 5.30. The maximum Gasteiger partial charge on any atom is 0.233 e. The lowest BCUT2D eigenvalue weighted by atomic mass is 10.0. The third-order valence-electron chi connectivity index (χ3n) is 3.45. The first kappa shape index (κ1) is 15.3. The van der Waals surface area contributed by atoms with Crippen LogP contribution in [0.3, 0.4) is 0 Å². The first-order valence-corrected chi connectivity index (χ1v) is 7.96. The summed E-state index contributed by atoms with van der Waals surface area (Å²) >= 11 is 1.45. The third kappa shape index (κ3) is 4.21. The number of hydrogen-bond donors (Lipinski definition) is 0. The van der Waals surface area contributed by atoms with E-state index in [2.05, 4.69) is 17.1 Å². The molecule has 1 aliphatic rings. The molecule has 1 aromatic heterocycles. The van der Waals surface area contributed by atoms with E-state index in [1.807, 2.05) is 9.47 Å². The van der Waals surface area contributed by atoms with Crippen LogP contribution in [0.4, 0.5) is 0 Å². The van der Waals surface area contributed by atoms with Crippen LogP contribution in [0.1, 0.15) is 19.8 Å². The van der Waals surface area contributed by atoms with Gasteiger partial charge in [-0.2, -0.15) is 0 Å². The Kier molecular flexibility index (Phi) is 5.85. The van der Waals surface area contributed by atoms with Crippen LogP contribution in [0, 0.1) is 5.92 Å². The second-order valence-electron chi connectivity index (χ2n) is 5.18. The van der Waals surface area contributed by atoms with Gasteiger partial charge in [0.25, 0.3) is 0 Å². The first-order chi connectivity index (χ1) is 9.70. The zero-order valence-electron chi connectivity index (χ0n) is 12.1. The van der Waals surface area contributed by atoms with Gasteiger partial charge in [0.15, 0.2) is 5.16 Å². The van der Waals surface area contributed by atoms with E-state index < -0.39 is 0 Å². The highest BCUT2D eigenvalue weighted by Gasteiger charge is 2.21. The van der Waals surface area contributed by atoms with Gasteiger partial charge in [0.1, 0.15) is 6.33 Å². The van der Waals surface area contributed by atoms with Gasteiger partial charge < -0.3 is 14.2 Å². The molecular formula is C13H22N4O2S. The monoisotopic (exact) mass is 298 g/mol. The Morgan fingerprint density at radius 3 is 3.20 bits per heavy atom. The molecule has 112 valence electrons. The van der Waals surface area contributed by atoms with Crippen molar-refractivity contribution < 1.29 is 9.53 Å². The van der Waals surface area contributed by atoms with E-state index in [0.29, 0.717) is 24.8 Å². The molecule has 0 bridgehead atoms. The van der Waals surface area contributed by atoms with Gasteiger partial charge in [-0.05, 0) is 18.8 Å². The van der Waals surface area contributed by atoms with Crippen molar-refractivity contribution in [2.45, 2.75) is 31.5 Å². The summed E-state index contributed by atoms with van der Waals surface area (Å²) in [6, 6.07) is 0. The molecule has 1 fully saturated rings. The number of likely N-dealkylation sites (tertiary alicyclic amines) is 1. The highest BCUT2D eigenvalue weighted by Crippen LogP contribution is 2.19. The molecule has 0 aromatic carbocycles. The standard InChI is InChI=1S/C13H22N4O2S/c1-11-4-3-5-16(8-11)12(18)9-20-13-15-14-10-17(13)6-7-19-2/h10-11H,3-9H2,1-2H3/t11-/m0/s1. The molecule has 1 aromatic rings. The number of amides is 1. The van der Waals surface area contributed by atoms with Crippen LogP contribution >= 0.6 is 11.8 Å². The summed E-state index contributed by atoms with van der Waals surface area (Å²) < 4.78 is 6.96. The van der Waals surface area contributed by atoms with Crippen LogP contribution in [-0.2, 0) is 16.1 Å². The molecule has 0 saturated carbocycles. The minimum Gasteiger partial charge on any atom is -0.383 e. The van der Waals surface area contributed by atoms with Gasteiger partial charge >= 0.3 is 0 Å². The van der Waals surface area contributed by atoms with Crippen LogP contribution in [0.2, 0.25) is 0 Å². The Morgan fingerprint density at radius 2 is 2.45 bits per heavy atom. The molecule has 2 heterocycles. The summed E-state index contributed by atoms with van der Waals surface area (Å²) in [6.07, 6.45) is 4.01. The number of carbonyl (C=O) groups is 1. The fourth-order valence-corrected chi connectivity index (χ4v) is 3.18. The summed E-state index contributed by atoms with van der Waals surface area (Å²) in [5.41, 5.74) is 0. The average molecular weight is 298 g/mol. The molecule has 0 N–H and O–H groups in total. The molecule has 2 rings (SSSR count). The summed E-state index contributed by atoms with van der Waals surface area (Å²) in [5, 5.41) is 8.72. The highest BCUT2D eigenvalue weighted by molar-refractivity contribution is 7.99. The van der Waals surface area contributed by atoms with Gasteiger partial charge in [-0.25, -0.2) is 0 Å². The Balaban J connectivity index is 1.82. The molecule has 1 amide bonds. The molecule has 7 heteroatoms. The number of aromatic nitrogens is 3. The van der Waals surface area contributed by atoms with Crippen molar-refractivity contribution in [2.75, 3.05) is 32.6 Å². The SMILES string of the molecule is COCCn1cnnc1SCC(=O)N1CCC[C@H](C)C1. The van der Waals surface area contributed by atoms with E-state index >= 15 is 0 Å². The van der Waals surface area contributed by atoms with Crippen LogP contribution in [-0.4, -0.2) is 58.1 Å². The van der Waals surface area contributed by atoms with Gasteiger partial charge in [0.2, 0.25) is 5.91 Å². The number of piperidine rings is 1. The summed E-state index contributed by atoms with van der Waals surface area (Å²) in [7, 11) is 1.66. The molecule has 6 nitrogen and oxygen atoms in total. The first-order valence-electron chi connectivity index (χ1n) is 6.98. The van der Waals surface area contributed by atoms with Gasteiger partial charge in [-0.3, -0.25) is 4.79 Å². The Morgan fingerprint density at radius 1 is 1.60 bits per heavy atom. The predicted molar refractivity (Wildman–Crippen MR) is 77.6 cm³/mol. The van der Waals surface area contributed by atoms with E-state index in [1.165, 1.54) is 18.2 Å². The Bertz CT molecular complexity index is 438. The number of nitrogens with zero attached hydrogens (tertiary/aromatic N) is 4. The van der Waals surface area contributed by atoms with Crippen molar-refractivity contribution in [3.8, 4) is 0 Å². The lowest BCUT2D eigenvalue weighted by molar-refractivity contribution is -0.130. The molecule has 0 aliphatic carbocycles. The minimum absolute atomic E-state index is 0.197. The van der Waals surface area contributed by atoms with E-state index in [4.69, 9.17) is 4.74 Å². The second-order valence-corrected chi connectivity index (χ2v) is 6.12. The summed E-state index contributed by atoms with van der Waals surface area (Å²) in [4.78, 5) is 14.2. The van der Waals surface area contributed by atoms with Crippen molar-refractivity contribution in [2.24, 2.45) is 5.92 Å². The average Bonchev–Trinajstić information content (AvgIpc) is 2.90. The van der Waals surface area contributed by atoms with Crippen LogP contribution < -0.4 is 0 Å². The molecule has 1 saturated heterocycles. The number of methoxy groups -OCH3 is 1. The number of thioether (sulfide) groups is 1. The van der Waals surface area contributed by atoms with Crippen molar-refractivity contribution in [3.05, 3.63) is 6.33 Å². The number of ether oxygens (including phenoxy) is 1. The normalized spacial score (nSPS) is 19.3. The van der Waals surface area contributed by atoms with Crippen LogP contribution in [0.25, 0.3) is 0 Å². The Labute approximate surface area is 123 Å². The van der Waals surface area contributed by atoms with Gasteiger partial charge in [-0.15, -0.1) is 10.2 Å². The zero-order valence-corrected chi connectivity index (χ0v) is 12.9. The largest absolute Gasteiger partial charge is 0.383 e. The lowest BCUT2D eigenvalue weighted by Gasteiger charge is -2.30. The van der Waals surface area contributed by atoms with Crippen LogP contribution in [0.15, 0.2) is 11.5 Å². The molecule has 1 aliphatic heterocycles. The van der Waals surface area contributed by atoms with E-state index in [1.54, 1.807) is 13.4 Å². The maximum atomic E-state index is 12.2. The van der Waals surface area contributed by atoms with Gasteiger partial charge in [0, 0.05) is 26.7 Å². The zero-order chi connectivity index (χ0) is 14.4. The van der Waals surface area contributed by atoms with Crippen molar-refractivity contribution in [1.29, 1.82) is 0 Å². The molecule has 0 radical (unpaired) electrons. The van der Waals surface area contributed by atoms with Gasteiger partial charge in [-0.1, -0.05) is 18.7 Å². The summed E-state index contributed by atoms with van der Waals surface area (Å²) in [5.74, 6) is 1.24. The smallest absolute Gasteiger partial charge is 0.233 e. The maximum absolute atomic E-state index is 12.2. The highest BCUT2D eigenvalue weighted by atomic mass is 32.2. The number of rotatable bonds is 6. The molecular weight excluding hydrogens is 276 g/mol. The molecule has 20 heavy (non-hydrogen) atoms. The lowest BCUT2D eigenvalue weighted by Crippen LogP contribution is -2.40. The quantitative estimate of drug-likeness (QED) is 0.740. The van der Waals surface area contributed by atoms with Crippen LogP contribution in [0.5, 0.6) is 0 Å². The third-order valence-corrected chi connectivity index (χ3v) is 4.42. The Hall–Kier alpha value is -1.08. The van der Waals surface area contributed by atoms with E-state index in [-0.39, 0.29) is 5.91 Å². The molecule has 0 unspecified atom stereocenters. The second kappa shape index (κ2) is 7.64. The van der Waals surface area contributed by atoms with Crippen molar-refractivity contribution in [3.63, 3.8) is 0 Å². The fourth-order valence-electron chi connectivity index (χ4n) is 2.33. The van der Waals surface area contributed by atoms with E-state index in [9.17, 15) is 4.79 Å². The molecule has 0 spiro atoms. The van der Waals surface area contributed by atoms with Gasteiger partial charge in [0.05, 0.1) is 12.4 Å². The topological polar surface area (TPSA) is 60.2 Å². The number of hydrogen-bond acceptors (Lipinski definition) is 5. The molecule has 1 atom stereocenters. The van der Waals surface area contributed by atoms with E-state index in [0.717, 1.165) is 24.7 Å². The minimum atomic E-state index is 0.197. The van der Waals surface area contributed by atoms with Crippen molar-refractivity contribution in [1.82, 2.24) is 19.7 Å². The fraction of sp³-hybridized carbons (Fsp3) is 0.769. The predicted octanol–water partition coefficient (Wildman–Crippen LogP) is 1.28.